The van der Waals surface area contributed by atoms with Crippen LogP contribution >= 0.6 is 0 Å². The zero-order valence-electron chi connectivity index (χ0n) is 14.3. The first-order valence-electron chi connectivity index (χ1n) is 8.41. The summed E-state index contributed by atoms with van der Waals surface area (Å²) in [4.78, 5) is 12.8. The number of hydrogen-bond acceptors (Lipinski definition) is 1. The molecule has 23 heavy (non-hydrogen) atoms. The van der Waals surface area contributed by atoms with E-state index >= 15 is 0 Å². The van der Waals surface area contributed by atoms with Crippen LogP contribution in [0.3, 0.4) is 0 Å². The fraction of sp³-hybridized carbons (Fsp3) is 0.350. The molecule has 0 aromatic heterocycles. The van der Waals surface area contributed by atoms with E-state index in [1.807, 2.05) is 61.5 Å². The fourth-order valence-electron chi connectivity index (χ4n) is 2.70. The Morgan fingerprint density at radius 3 is 2.17 bits per heavy atom. The molecule has 122 valence electrons. The number of nitrogens with two attached hydrogens (primary N) is 1. The van der Waals surface area contributed by atoms with Gasteiger partial charge in [0.2, 0.25) is 0 Å². The first kappa shape index (κ1) is 17.2. The fourth-order valence-corrected chi connectivity index (χ4v) is 2.70. The molecule has 0 saturated heterocycles. The Kier molecular flexibility index (Phi) is 6.36. The third-order valence-electron chi connectivity index (χ3n) is 4.27. The molecule has 1 atom stereocenters. The molecule has 1 amide bonds. The molecule has 3 N–H and O–H groups in total. The normalized spacial score (nSPS) is 12.2. The number of hydrogen-bond donors (Lipinski definition) is 2. The number of quaternary nitrogens is 1. The number of rotatable bonds is 7. The summed E-state index contributed by atoms with van der Waals surface area (Å²) in [6.45, 7) is 6.38. The topological polar surface area (TPSA) is 45.7 Å². The second-order valence-electron chi connectivity index (χ2n) is 6.01. The molecule has 0 heterocycles. The van der Waals surface area contributed by atoms with Crippen LogP contribution in [-0.4, -0.2) is 11.9 Å². The smallest absolute Gasteiger partial charge is 0.287 e. The maximum Gasteiger partial charge on any atom is 0.287 e. The van der Waals surface area contributed by atoms with Crippen LogP contribution in [0.1, 0.15) is 43.9 Å². The van der Waals surface area contributed by atoms with Crippen LogP contribution in [0.25, 0.3) is 0 Å². The van der Waals surface area contributed by atoms with E-state index in [4.69, 9.17) is 0 Å². The SMILES string of the molecule is CCC(CC)[NH2+][C@H](C(=O)Nc1ccc(C)cc1)c1ccccc1. The molecular weight excluding hydrogens is 284 g/mol. The number of carbonyl (C=O) groups is 1. The van der Waals surface area contributed by atoms with Crippen molar-refractivity contribution >= 4 is 11.6 Å². The Bertz CT molecular complexity index is 603. The number of aryl methyl sites for hydroxylation is 1. The summed E-state index contributed by atoms with van der Waals surface area (Å²) >= 11 is 0. The zero-order valence-corrected chi connectivity index (χ0v) is 14.3. The van der Waals surface area contributed by atoms with E-state index in [0.29, 0.717) is 6.04 Å². The third kappa shape index (κ3) is 4.93. The van der Waals surface area contributed by atoms with Crippen LogP contribution in [0.5, 0.6) is 0 Å². The molecule has 3 nitrogen and oxygen atoms in total. The van der Waals surface area contributed by atoms with E-state index in [0.717, 1.165) is 24.1 Å². The summed E-state index contributed by atoms with van der Waals surface area (Å²) in [5.41, 5.74) is 3.08. The van der Waals surface area contributed by atoms with Crippen molar-refractivity contribution in [1.82, 2.24) is 0 Å². The highest BCUT2D eigenvalue weighted by atomic mass is 16.2. The molecule has 0 bridgehead atoms. The summed E-state index contributed by atoms with van der Waals surface area (Å²) in [5.74, 6) is 0.0342. The Balaban J connectivity index is 2.18. The second-order valence-corrected chi connectivity index (χ2v) is 6.01. The molecule has 0 fully saturated rings. The first-order chi connectivity index (χ1) is 11.1. The minimum Gasteiger partial charge on any atom is -0.330 e. The average Bonchev–Trinajstić information content (AvgIpc) is 2.59. The van der Waals surface area contributed by atoms with Crippen LogP contribution in [0.4, 0.5) is 5.69 Å². The van der Waals surface area contributed by atoms with Gasteiger partial charge in [0.1, 0.15) is 0 Å². The van der Waals surface area contributed by atoms with Crippen LogP contribution < -0.4 is 10.6 Å². The lowest BCUT2D eigenvalue weighted by molar-refractivity contribution is -0.715. The lowest BCUT2D eigenvalue weighted by Crippen LogP contribution is -2.92. The molecule has 2 aromatic rings. The van der Waals surface area contributed by atoms with E-state index in [1.165, 1.54) is 5.56 Å². The van der Waals surface area contributed by atoms with Crippen molar-refractivity contribution < 1.29 is 10.1 Å². The maximum atomic E-state index is 12.8. The van der Waals surface area contributed by atoms with Crippen LogP contribution in [0.15, 0.2) is 54.6 Å². The van der Waals surface area contributed by atoms with Gasteiger partial charge in [0.05, 0.1) is 6.04 Å². The van der Waals surface area contributed by atoms with Crippen molar-refractivity contribution in [1.29, 1.82) is 0 Å². The van der Waals surface area contributed by atoms with Gasteiger partial charge in [0.25, 0.3) is 5.91 Å². The standard InChI is InChI=1S/C20H26N2O/c1-4-17(5-2)21-19(16-9-7-6-8-10-16)20(23)22-18-13-11-15(3)12-14-18/h6-14,17,19,21H,4-5H2,1-3H3,(H,22,23)/p+1/t19-/m0/s1. The van der Waals surface area contributed by atoms with Crippen LogP contribution in [0.2, 0.25) is 0 Å². The van der Waals surface area contributed by atoms with E-state index in [9.17, 15) is 4.79 Å². The summed E-state index contributed by atoms with van der Waals surface area (Å²) in [7, 11) is 0. The van der Waals surface area contributed by atoms with E-state index in [1.54, 1.807) is 0 Å². The lowest BCUT2D eigenvalue weighted by atomic mass is 10.0. The quantitative estimate of drug-likeness (QED) is 0.808. The highest BCUT2D eigenvalue weighted by Crippen LogP contribution is 2.14. The largest absolute Gasteiger partial charge is 0.330 e. The van der Waals surface area contributed by atoms with Crippen molar-refractivity contribution in [2.45, 2.75) is 45.7 Å². The third-order valence-corrected chi connectivity index (χ3v) is 4.27. The molecule has 2 aromatic carbocycles. The van der Waals surface area contributed by atoms with Crippen LogP contribution in [0, 0.1) is 6.92 Å². The summed E-state index contributed by atoms with van der Waals surface area (Å²) in [6, 6.07) is 18.2. The maximum absolute atomic E-state index is 12.8. The monoisotopic (exact) mass is 311 g/mol. The van der Waals surface area contributed by atoms with Gasteiger partial charge in [-0.05, 0) is 31.9 Å². The van der Waals surface area contributed by atoms with Crippen molar-refractivity contribution in [2.75, 3.05) is 5.32 Å². The molecule has 2 rings (SSSR count). The minimum atomic E-state index is -0.220. The van der Waals surface area contributed by atoms with Gasteiger partial charge in [-0.15, -0.1) is 0 Å². The minimum absolute atomic E-state index is 0.0342. The Hall–Kier alpha value is -2.13. The molecule has 0 spiro atoms. The molecule has 0 saturated carbocycles. The van der Waals surface area contributed by atoms with Gasteiger partial charge >= 0.3 is 0 Å². The van der Waals surface area contributed by atoms with E-state index in [-0.39, 0.29) is 11.9 Å². The van der Waals surface area contributed by atoms with Gasteiger partial charge in [0, 0.05) is 11.3 Å². The summed E-state index contributed by atoms with van der Waals surface area (Å²) in [6.07, 6.45) is 2.11. The molecule has 0 radical (unpaired) electrons. The summed E-state index contributed by atoms with van der Waals surface area (Å²) < 4.78 is 0. The Morgan fingerprint density at radius 2 is 1.61 bits per heavy atom. The first-order valence-corrected chi connectivity index (χ1v) is 8.41. The van der Waals surface area contributed by atoms with Crippen molar-refractivity contribution in [2.24, 2.45) is 0 Å². The number of anilines is 1. The van der Waals surface area contributed by atoms with Gasteiger partial charge in [-0.2, -0.15) is 0 Å². The van der Waals surface area contributed by atoms with Crippen molar-refractivity contribution in [3.63, 3.8) is 0 Å². The zero-order chi connectivity index (χ0) is 16.7. The Morgan fingerprint density at radius 1 is 1.00 bits per heavy atom. The molecular formula is C20H27N2O+. The van der Waals surface area contributed by atoms with Gasteiger partial charge in [-0.3, -0.25) is 4.79 Å². The highest BCUT2D eigenvalue weighted by molar-refractivity contribution is 5.94. The van der Waals surface area contributed by atoms with E-state index in [2.05, 4.69) is 24.5 Å². The molecule has 3 heteroatoms. The molecule has 0 unspecified atom stereocenters. The van der Waals surface area contributed by atoms with Gasteiger partial charge in [-0.25, -0.2) is 0 Å². The van der Waals surface area contributed by atoms with Crippen molar-refractivity contribution in [3.05, 3.63) is 65.7 Å². The van der Waals surface area contributed by atoms with Crippen LogP contribution in [-0.2, 0) is 4.79 Å². The highest BCUT2D eigenvalue weighted by Gasteiger charge is 2.26. The second kappa shape index (κ2) is 8.49. The number of nitrogens with one attached hydrogen (secondary N) is 1. The van der Waals surface area contributed by atoms with Gasteiger partial charge < -0.3 is 10.6 Å². The van der Waals surface area contributed by atoms with Gasteiger partial charge in [-0.1, -0.05) is 61.9 Å². The van der Waals surface area contributed by atoms with Gasteiger partial charge in [0.15, 0.2) is 6.04 Å². The predicted octanol–water partition coefficient (Wildman–Crippen LogP) is 3.43. The number of carbonyl (C=O) groups excluding carboxylic acids is 1. The molecule has 0 aliphatic heterocycles. The number of benzene rings is 2. The molecule has 0 aliphatic carbocycles. The Labute approximate surface area is 139 Å². The van der Waals surface area contributed by atoms with Crippen molar-refractivity contribution in [3.8, 4) is 0 Å². The molecule has 0 aliphatic rings. The number of amides is 1. The van der Waals surface area contributed by atoms with E-state index < -0.39 is 0 Å². The lowest BCUT2D eigenvalue weighted by Gasteiger charge is -2.21. The average molecular weight is 311 g/mol. The summed E-state index contributed by atoms with van der Waals surface area (Å²) in [5, 5.41) is 5.24. The predicted molar refractivity (Wildman–Crippen MR) is 95.3 cm³/mol.